The molecule has 3 aromatic rings. The lowest BCUT2D eigenvalue weighted by atomic mass is 10.1. The lowest BCUT2D eigenvalue weighted by molar-refractivity contribution is -0.130. The van der Waals surface area contributed by atoms with Crippen molar-refractivity contribution < 1.29 is 9.53 Å². The summed E-state index contributed by atoms with van der Waals surface area (Å²) in [4.78, 5) is 24.8. The van der Waals surface area contributed by atoms with Gasteiger partial charge in [-0.15, -0.1) is 11.8 Å². The number of benzene rings is 2. The summed E-state index contributed by atoms with van der Waals surface area (Å²) >= 11 is 1.60. The van der Waals surface area contributed by atoms with Crippen LogP contribution in [0.15, 0.2) is 48.5 Å². The molecule has 1 aliphatic heterocycles. The molecule has 1 aromatic heterocycles. The van der Waals surface area contributed by atoms with E-state index in [0.717, 1.165) is 28.2 Å². The number of fused-ring (bicyclic) bond motifs is 1. The number of piperazine rings is 1. The highest BCUT2D eigenvalue weighted by Crippen LogP contribution is 2.28. The summed E-state index contributed by atoms with van der Waals surface area (Å²) in [6, 6.07) is 17.6. The average molecular weight is 450 g/mol. The molecule has 1 amide bonds. The number of H-pyrrole nitrogens is 1. The van der Waals surface area contributed by atoms with Crippen LogP contribution in [0.5, 0.6) is 5.75 Å². The van der Waals surface area contributed by atoms with Crippen LogP contribution in [0.3, 0.4) is 0 Å². The Kier molecular flexibility index (Phi) is 6.98. The standard InChI is InChI=1S/C24H27N5O2S/c1-17(24-26-20-5-3-4-6-21(20)27-24)32-16-23(30)29-13-11-28(12-14-29)22(15-25)18-7-9-19(31-2)10-8-18/h3-10,17,22H,11-14,16H2,1-2H3,(H,26,27). The average Bonchev–Trinajstić information content (AvgIpc) is 3.28. The van der Waals surface area contributed by atoms with E-state index in [2.05, 4.69) is 27.9 Å². The number of ether oxygens (including phenoxy) is 1. The number of hydrogen-bond donors (Lipinski definition) is 1. The van der Waals surface area contributed by atoms with Crippen molar-refractivity contribution in [3.8, 4) is 11.8 Å². The molecule has 4 rings (SSSR count). The number of nitrogens with one attached hydrogen (secondary N) is 1. The fourth-order valence-electron chi connectivity index (χ4n) is 3.91. The summed E-state index contributed by atoms with van der Waals surface area (Å²) in [5.74, 6) is 2.22. The Balaban J connectivity index is 1.28. The van der Waals surface area contributed by atoms with E-state index < -0.39 is 0 Å². The number of imidazole rings is 1. The lowest BCUT2D eigenvalue weighted by Gasteiger charge is -2.37. The monoisotopic (exact) mass is 449 g/mol. The first kappa shape index (κ1) is 22.2. The first-order valence-corrected chi connectivity index (χ1v) is 11.8. The Morgan fingerprint density at radius 1 is 1.19 bits per heavy atom. The summed E-state index contributed by atoms with van der Waals surface area (Å²) in [6.45, 7) is 4.69. The minimum atomic E-state index is -0.319. The van der Waals surface area contributed by atoms with Crippen LogP contribution in [-0.2, 0) is 4.79 Å². The van der Waals surface area contributed by atoms with E-state index in [1.54, 1.807) is 18.9 Å². The first-order chi connectivity index (χ1) is 15.6. The third kappa shape index (κ3) is 4.90. The number of aromatic nitrogens is 2. The fraction of sp³-hybridized carbons (Fsp3) is 0.375. The van der Waals surface area contributed by atoms with E-state index >= 15 is 0 Å². The molecular formula is C24H27N5O2S. The number of hydrogen-bond acceptors (Lipinski definition) is 6. The van der Waals surface area contributed by atoms with Crippen molar-refractivity contribution in [2.24, 2.45) is 0 Å². The molecule has 1 saturated heterocycles. The number of carbonyl (C=O) groups is 1. The minimum Gasteiger partial charge on any atom is -0.497 e. The van der Waals surface area contributed by atoms with Gasteiger partial charge in [0.05, 0.1) is 35.2 Å². The number of carbonyl (C=O) groups excluding carboxylic acids is 1. The number of thioether (sulfide) groups is 1. The highest BCUT2D eigenvalue weighted by atomic mass is 32.2. The molecule has 166 valence electrons. The summed E-state index contributed by atoms with van der Waals surface area (Å²) < 4.78 is 5.20. The molecule has 8 heteroatoms. The molecule has 1 aliphatic rings. The van der Waals surface area contributed by atoms with Gasteiger partial charge in [-0.05, 0) is 36.8 Å². The van der Waals surface area contributed by atoms with Crippen LogP contribution in [0.1, 0.15) is 29.6 Å². The van der Waals surface area contributed by atoms with Gasteiger partial charge in [0.25, 0.3) is 0 Å². The van der Waals surface area contributed by atoms with Gasteiger partial charge in [0, 0.05) is 26.2 Å². The normalized spacial score (nSPS) is 16.5. The van der Waals surface area contributed by atoms with Gasteiger partial charge in [-0.1, -0.05) is 24.3 Å². The Bertz CT molecular complexity index is 1070. The van der Waals surface area contributed by atoms with E-state index in [1.165, 1.54) is 0 Å². The molecule has 2 heterocycles. The van der Waals surface area contributed by atoms with Crippen molar-refractivity contribution in [2.45, 2.75) is 18.2 Å². The van der Waals surface area contributed by atoms with Gasteiger partial charge in [0.2, 0.25) is 5.91 Å². The van der Waals surface area contributed by atoms with Crippen LogP contribution in [-0.4, -0.2) is 64.7 Å². The number of methoxy groups -OCH3 is 1. The van der Waals surface area contributed by atoms with Crippen LogP contribution in [0.2, 0.25) is 0 Å². The van der Waals surface area contributed by atoms with Gasteiger partial charge < -0.3 is 14.6 Å². The van der Waals surface area contributed by atoms with E-state index in [1.807, 2.05) is 53.4 Å². The number of nitriles is 1. The predicted molar refractivity (Wildman–Crippen MR) is 126 cm³/mol. The van der Waals surface area contributed by atoms with Crippen LogP contribution in [0, 0.1) is 11.3 Å². The number of nitrogens with zero attached hydrogens (tertiary/aromatic N) is 4. The van der Waals surface area contributed by atoms with Crippen LogP contribution >= 0.6 is 11.8 Å². The zero-order chi connectivity index (χ0) is 22.5. The zero-order valence-electron chi connectivity index (χ0n) is 18.3. The smallest absolute Gasteiger partial charge is 0.232 e. The third-order valence-corrected chi connectivity index (χ3v) is 6.97. The summed E-state index contributed by atoms with van der Waals surface area (Å²) in [7, 11) is 1.63. The Morgan fingerprint density at radius 2 is 1.91 bits per heavy atom. The number of amides is 1. The molecule has 0 saturated carbocycles. The molecule has 0 radical (unpaired) electrons. The summed E-state index contributed by atoms with van der Waals surface area (Å²) in [5.41, 5.74) is 2.91. The van der Waals surface area contributed by atoms with Gasteiger partial charge in [-0.2, -0.15) is 5.26 Å². The maximum absolute atomic E-state index is 12.8. The van der Waals surface area contributed by atoms with Crippen LogP contribution in [0.4, 0.5) is 0 Å². The van der Waals surface area contributed by atoms with Crippen molar-refractivity contribution in [3.05, 3.63) is 59.9 Å². The Morgan fingerprint density at radius 3 is 2.56 bits per heavy atom. The number of aromatic amines is 1. The first-order valence-electron chi connectivity index (χ1n) is 10.7. The van der Waals surface area contributed by atoms with Gasteiger partial charge in [-0.3, -0.25) is 9.69 Å². The summed E-state index contributed by atoms with van der Waals surface area (Å²) in [6.07, 6.45) is 0. The van der Waals surface area contributed by atoms with Crippen molar-refractivity contribution in [1.29, 1.82) is 5.26 Å². The van der Waals surface area contributed by atoms with E-state index in [4.69, 9.17) is 4.74 Å². The molecule has 2 aromatic carbocycles. The van der Waals surface area contributed by atoms with Gasteiger partial charge in [-0.25, -0.2) is 4.98 Å². The molecular weight excluding hydrogens is 422 g/mol. The second-order valence-corrected chi connectivity index (χ2v) is 9.14. The Hall–Kier alpha value is -3.02. The molecule has 0 aliphatic carbocycles. The lowest BCUT2D eigenvalue weighted by Crippen LogP contribution is -2.50. The molecule has 0 spiro atoms. The van der Waals surface area contributed by atoms with Crippen molar-refractivity contribution in [2.75, 3.05) is 39.0 Å². The molecule has 2 atom stereocenters. The van der Waals surface area contributed by atoms with Gasteiger partial charge >= 0.3 is 0 Å². The van der Waals surface area contributed by atoms with Crippen molar-refractivity contribution >= 4 is 28.7 Å². The molecule has 0 bridgehead atoms. The van der Waals surface area contributed by atoms with Crippen molar-refractivity contribution in [1.82, 2.24) is 19.8 Å². The maximum Gasteiger partial charge on any atom is 0.232 e. The molecule has 2 unspecified atom stereocenters. The maximum atomic E-state index is 12.8. The summed E-state index contributed by atoms with van der Waals surface area (Å²) in [5, 5.41) is 9.83. The zero-order valence-corrected chi connectivity index (χ0v) is 19.1. The molecule has 1 N–H and O–H groups in total. The predicted octanol–water partition coefficient (Wildman–Crippen LogP) is 3.77. The third-order valence-electron chi connectivity index (χ3n) is 5.84. The van der Waals surface area contributed by atoms with Crippen molar-refractivity contribution in [3.63, 3.8) is 0 Å². The highest BCUT2D eigenvalue weighted by Gasteiger charge is 2.27. The number of rotatable bonds is 7. The van der Waals surface area contributed by atoms with E-state index in [9.17, 15) is 10.1 Å². The molecule has 1 fully saturated rings. The van der Waals surface area contributed by atoms with Crippen LogP contribution < -0.4 is 4.74 Å². The molecule has 7 nitrogen and oxygen atoms in total. The van der Waals surface area contributed by atoms with Gasteiger partial charge in [0.15, 0.2) is 0 Å². The van der Waals surface area contributed by atoms with E-state index in [0.29, 0.717) is 31.9 Å². The molecule has 32 heavy (non-hydrogen) atoms. The van der Waals surface area contributed by atoms with Crippen LogP contribution in [0.25, 0.3) is 11.0 Å². The second-order valence-electron chi connectivity index (χ2n) is 7.81. The number of para-hydroxylation sites is 2. The Labute approximate surface area is 192 Å². The SMILES string of the molecule is COc1ccc(C(C#N)N2CCN(C(=O)CSC(C)c3nc4ccccc4[nH]3)CC2)cc1. The quantitative estimate of drug-likeness (QED) is 0.591. The minimum absolute atomic E-state index is 0.102. The second kappa shape index (κ2) is 10.1. The fourth-order valence-corrected chi connectivity index (χ4v) is 4.76. The van der Waals surface area contributed by atoms with Gasteiger partial charge in [0.1, 0.15) is 17.6 Å². The topological polar surface area (TPSA) is 85.2 Å². The highest BCUT2D eigenvalue weighted by molar-refractivity contribution is 8.00. The van der Waals surface area contributed by atoms with E-state index in [-0.39, 0.29) is 17.2 Å². The largest absolute Gasteiger partial charge is 0.497 e.